The van der Waals surface area contributed by atoms with Crippen LogP contribution in [0.2, 0.25) is 0 Å². The van der Waals surface area contributed by atoms with Gasteiger partial charge in [-0.3, -0.25) is 9.59 Å². The summed E-state index contributed by atoms with van der Waals surface area (Å²) in [5, 5.41) is 16.9. The first-order valence-electron chi connectivity index (χ1n) is 4.10. The summed E-state index contributed by atoms with van der Waals surface area (Å²) >= 11 is 0. The fraction of sp³-hybridized carbons (Fsp3) is 0.625. The van der Waals surface area contributed by atoms with Crippen LogP contribution in [-0.4, -0.2) is 40.9 Å². The lowest BCUT2D eigenvalue weighted by Gasteiger charge is -2.09. The highest BCUT2D eigenvalue weighted by Crippen LogP contribution is 2.05. The minimum Gasteiger partial charge on any atom is -0.480 e. The Morgan fingerprint density at radius 2 is 2.00 bits per heavy atom. The molecule has 0 fully saturated rings. The molecule has 1 unspecified atom stereocenters. The molecule has 0 radical (unpaired) electrons. The van der Waals surface area contributed by atoms with Crippen LogP contribution in [0.25, 0.3) is 0 Å². The average Bonchev–Trinajstić information content (AvgIpc) is 2.13. The number of aliphatic hydroxyl groups is 1. The molecule has 0 aliphatic heterocycles. The zero-order valence-corrected chi connectivity index (χ0v) is 7.55. The number of carbonyl (C=O) groups excluding carboxylic acids is 2. The average molecular weight is 203 g/mol. The SMILES string of the molecule is N[C@@H](CC(=O)C(C=O)CCO)C(=O)O. The number of nitrogens with two attached hydrogens (primary N) is 1. The molecule has 0 saturated heterocycles. The van der Waals surface area contributed by atoms with Gasteiger partial charge in [0.2, 0.25) is 0 Å². The van der Waals surface area contributed by atoms with E-state index < -0.39 is 30.1 Å². The van der Waals surface area contributed by atoms with Gasteiger partial charge in [-0.1, -0.05) is 0 Å². The third-order valence-electron chi connectivity index (χ3n) is 1.76. The fourth-order valence-corrected chi connectivity index (χ4v) is 0.899. The van der Waals surface area contributed by atoms with Crippen LogP contribution in [0, 0.1) is 5.92 Å². The van der Waals surface area contributed by atoms with Crippen LogP contribution in [-0.2, 0) is 14.4 Å². The first-order chi connectivity index (χ1) is 6.52. The van der Waals surface area contributed by atoms with Gasteiger partial charge in [0.25, 0.3) is 0 Å². The number of aliphatic hydroxyl groups excluding tert-OH is 1. The maximum absolute atomic E-state index is 11.2. The van der Waals surface area contributed by atoms with Gasteiger partial charge < -0.3 is 20.7 Å². The topological polar surface area (TPSA) is 118 Å². The molecule has 6 nitrogen and oxygen atoms in total. The Hall–Kier alpha value is -1.27. The number of carbonyl (C=O) groups is 3. The second-order valence-electron chi connectivity index (χ2n) is 2.87. The van der Waals surface area contributed by atoms with Gasteiger partial charge in [0.15, 0.2) is 0 Å². The Morgan fingerprint density at radius 1 is 1.43 bits per heavy atom. The van der Waals surface area contributed by atoms with Crippen LogP contribution in [0.1, 0.15) is 12.8 Å². The molecular weight excluding hydrogens is 190 g/mol. The molecule has 0 aliphatic rings. The van der Waals surface area contributed by atoms with Gasteiger partial charge in [0, 0.05) is 13.0 Å². The van der Waals surface area contributed by atoms with Crippen molar-refractivity contribution in [2.24, 2.45) is 11.7 Å². The highest BCUT2D eigenvalue weighted by atomic mass is 16.4. The van der Waals surface area contributed by atoms with Gasteiger partial charge in [0.05, 0.1) is 5.92 Å². The van der Waals surface area contributed by atoms with E-state index in [1.807, 2.05) is 0 Å². The Morgan fingerprint density at radius 3 is 2.36 bits per heavy atom. The van der Waals surface area contributed by atoms with Crippen molar-refractivity contribution < 1.29 is 24.6 Å². The Kier molecular flexibility index (Phi) is 5.66. The van der Waals surface area contributed by atoms with Crippen LogP contribution in [0.3, 0.4) is 0 Å². The molecule has 0 aromatic rings. The lowest BCUT2D eigenvalue weighted by Crippen LogP contribution is -2.34. The van der Waals surface area contributed by atoms with E-state index in [0.29, 0.717) is 6.29 Å². The molecule has 0 bridgehead atoms. The van der Waals surface area contributed by atoms with E-state index >= 15 is 0 Å². The lowest BCUT2D eigenvalue weighted by molar-refractivity contribution is -0.141. The minimum atomic E-state index is -1.29. The summed E-state index contributed by atoms with van der Waals surface area (Å²) in [4.78, 5) is 31.8. The smallest absolute Gasteiger partial charge is 0.320 e. The van der Waals surface area contributed by atoms with Crippen molar-refractivity contribution in [1.82, 2.24) is 0 Å². The van der Waals surface area contributed by atoms with Gasteiger partial charge in [-0.15, -0.1) is 0 Å². The molecule has 2 atom stereocenters. The number of aliphatic carboxylic acids is 1. The van der Waals surface area contributed by atoms with E-state index in [4.69, 9.17) is 15.9 Å². The van der Waals surface area contributed by atoms with Crippen LogP contribution >= 0.6 is 0 Å². The van der Waals surface area contributed by atoms with E-state index in [1.165, 1.54) is 0 Å². The second kappa shape index (κ2) is 6.22. The number of aldehydes is 1. The molecule has 80 valence electrons. The van der Waals surface area contributed by atoms with E-state index in [1.54, 1.807) is 0 Å². The quantitative estimate of drug-likeness (QED) is 0.344. The summed E-state index contributed by atoms with van der Waals surface area (Å²) in [7, 11) is 0. The molecule has 0 aromatic heterocycles. The van der Waals surface area contributed by atoms with Crippen molar-refractivity contribution in [3.8, 4) is 0 Å². The van der Waals surface area contributed by atoms with Crippen LogP contribution in [0.5, 0.6) is 0 Å². The van der Waals surface area contributed by atoms with Gasteiger partial charge in [-0.05, 0) is 6.42 Å². The van der Waals surface area contributed by atoms with Crippen LogP contribution in [0.15, 0.2) is 0 Å². The largest absolute Gasteiger partial charge is 0.480 e. The number of carboxylic acids is 1. The van der Waals surface area contributed by atoms with Crippen molar-refractivity contribution >= 4 is 18.0 Å². The van der Waals surface area contributed by atoms with Gasteiger partial charge in [-0.2, -0.15) is 0 Å². The zero-order valence-electron chi connectivity index (χ0n) is 7.55. The molecule has 0 saturated carbocycles. The third kappa shape index (κ3) is 4.11. The Labute approximate surface area is 80.7 Å². The summed E-state index contributed by atoms with van der Waals surface area (Å²) in [6.07, 6.45) is 0.0144. The predicted octanol–water partition coefficient (Wildman–Crippen LogP) is -1.45. The number of rotatable bonds is 7. The van der Waals surface area contributed by atoms with Gasteiger partial charge in [0.1, 0.15) is 18.1 Å². The number of ketones is 1. The summed E-state index contributed by atoms with van der Waals surface area (Å²) in [6.45, 7) is -0.294. The standard InChI is InChI=1S/C8H13NO5/c9-6(8(13)14)3-7(12)5(4-11)1-2-10/h4-6,10H,1-3,9H2,(H,13,14)/t5?,6-/m0/s1. The van der Waals surface area contributed by atoms with Crippen molar-refractivity contribution in [1.29, 1.82) is 0 Å². The van der Waals surface area contributed by atoms with E-state index in [-0.39, 0.29) is 13.0 Å². The molecule has 4 N–H and O–H groups in total. The fourth-order valence-electron chi connectivity index (χ4n) is 0.899. The van der Waals surface area contributed by atoms with E-state index in [9.17, 15) is 14.4 Å². The minimum absolute atomic E-state index is 0.00860. The van der Waals surface area contributed by atoms with Gasteiger partial charge >= 0.3 is 5.97 Å². The van der Waals surface area contributed by atoms with Gasteiger partial charge in [-0.25, -0.2) is 0 Å². The Bertz CT molecular complexity index is 228. The maximum atomic E-state index is 11.2. The van der Waals surface area contributed by atoms with E-state index in [2.05, 4.69) is 0 Å². The highest BCUT2D eigenvalue weighted by Gasteiger charge is 2.22. The number of carboxylic acid groups (broad SMARTS) is 1. The summed E-state index contributed by atoms with van der Waals surface area (Å²) in [5.74, 6) is -2.79. The predicted molar refractivity (Wildman–Crippen MR) is 46.5 cm³/mol. The molecule has 0 aliphatic carbocycles. The first-order valence-corrected chi connectivity index (χ1v) is 4.10. The number of hydrogen-bond acceptors (Lipinski definition) is 5. The second-order valence-corrected chi connectivity index (χ2v) is 2.87. The number of Topliss-reactive ketones (excluding diaryl/α,β-unsaturated/α-hetero) is 1. The molecule has 0 amide bonds. The monoisotopic (exact) mass is 203 g/mol. The van der Waals surface area contributed by atoms with Crippen molar-refractivity contribution in [2.45, 2.75) is 18.9 Å². The van der Waals surface area contributed by atoms with Crippen molar-refractivity contribution in [2.75, 3.05) is 6.61 Å². The number of hydrogen-bond donors (Lipinski definition) is 3. The summed E-state index contributed by atoms with van der Waals surface area (Å²) < 4.78 is 0. The zero-order chi connectivity index (χ0) is 11.1. The van der Waals surface area contributed by atoms with Crippen LogP contribution < -0.4 is 5.73 Å². The normalized spacial score (nSPS) is 14.4. The molecule has 0 rings (SSSR count). The first kappa shape index (κ1) is 12.7. The third-order valence-corrected chi connectivity index (χ3v) is 1.76. The molecule has 6 heteroatoms. The maximum Gasteiger partial charge on any atom is 0.320 e. The Balaban J connectivity index is 4.16. The van der Waals surface area contributed by atoms with Crippen molar-refractivity contribution in [3.05, 3.63) is 0 Å². The van der Waals surface area contributed by atoms with E-state index in [0.717, 1.165) is 0 Å². The van der Waals surface area contributed by atoms with Crippen LogP contribution in [0.4, 0.5) is 0 Å². The van der Waals surface area contributed by atoms with Crippen molar-refractivity contribution in [3.63, 3.8) is 0 Å². The molecule has 0 spiro atoms. The summed E-state index contributed by atoms with van der Waals surface area (Å²) in [5.41, 5.74) is 5.11. The summed E-state index contributed by atoms with van der Waals surface area (Å²) in [6, 6.07) is -1.29. The molecule has 0 heterocycles. The molecule has 14 heavy (non-hydrogen) atoms. The highest BCUT2D eigenvalue weighted by molar-refractivity contribution is 5.95. The molecule has 0 aromatic carbocycles. The molecular formula is C8H13NO5. The lowest BCUT2D eigenvalue weighted by atomic mass is 9.97.